The van der Waals surface area contributed by atoms with Crippen molar-refractivity contribution in [1.82, 2.24) is 25.2 Å². The normalized spacial score (nSPS) is 20.5. The summed E-state index contributed by atoms with van der Waals surface area (Å²) in [7, 11) is 0. The van der Waals surface area contributed by atoms with Crippen LogP contribution in [0.1, 0.15) is 32.3 Å². The number of carbonyl (C=O) groups is 1. The summed E-state index contributed by atoms with van der Waals surface area (Å²) in [5, 5.41) is 3.45. The van der Waals surface area contributed by atoms with E-state index in [1.807, 2.05) is 17.3 Å². The molecule has 1 aliphatic carbocycles. The summed E-state index contributed by atoms with van der Waals surface area (Å²) in [5.74, 6) is 1.57. The number of rotatable bonds is 6. The number of nitrogens with one attached hydrogen (secondary N) is 2. The van der Waals surface area contributed by atoms with Crippen LogP contribution in [0, 0.1) is 5.92 Å². The molecule has 0 radical (unpaired) electrons. The SMILES string of the molecule is C=CC(=O)N1CCN(c2cnc3[nH]cc(CNC(C)C)c3n2)[C@H](C2CC2)C1. The summed E-state index contributed by atoms with van der Waals surface area (Å²) in [6.07, 6.45) is 7.71. The number of piperazine rings is 1. The van der Waals surface area contributed by atoms with Crippen LogP contribution in [0.4, 0.5) is 5.82 Å². The largest absolute Gasteiger partial charge is 0.348 e. The zero-order valence-corrected chi connectivity index (χ0v) is 16.1. The molecule has 1 aliphatic heterocycles. The van der Waals surface area contributed by atoms with Crippen LogP contribution in [0.2, 0.25) is 0 Å². The number of hydrogen-bond acceptors (Lipinski definition) is 5. The Kier molecular flexibility index (Phi) is 4.86. The van der Waals surface area contributed by atoms with E-state index in [0.29, 0.717) is 24.5 Å². The molecule has 2 aromatic rings. The van der Waals surface area contributed by atoms with E-state index in [0.717, 1.165) is 42.2 Å². The van der Waals surface area contributed by atoms with E-state index in [9.17, 15) is 4.79 Å². The molecule has 2 N–H and O–H groups in total. The summed E-state index contributed by atoms with van der Waals surface area (Å²) in [5.41, 5.74) is 2.89. The van der Waals surface area contributed by atoms with Gasteiger partial charge in [-0.25, -0.2) is 9.97 Å². The van der Waals surface area contributed by atoms with E-state index in [2.05, 4.69) is 40.6 Å². The highest BCUT2D eigenvalue weighted by Gasteiger charge is 2.40. The lowest BCUT2D eigenvalue weighted by molar-refractivity contribution is -0.126. The Bertz CT molecular complexity index is 840. The van der Waals surface area contributed by atoms with Gasteiger partial charge in [-0.1, -0.05) is 20.4 Å². The molecule has 7 nitrogen and oxygen atoms in total. The van der Waals surface area contributed by atoms with Crippen molar-refractivity contribution in [2.75, 3.05) is 24.5 Å². The molecule has 3 heterocycles. The molecule has 0 spiro atoms. The van der Waals surface area contributed by atoms with Gasteiger partial charge in [0.25, 0.3) is 0 Å². The fourth-order valence-electron chi connectivity index (χ4n) is 3.83. The molecular weight excluding hydrogens is 340 g/mol. The predicted octanol–water partition coefficient (Wildman–Crippen LogP) is 2.07. The van der Waals surface area contributed by atoms with Crippen LogP contribution in [0.5, 0.6) is 0 Å². The van der Waals surface area contributed by atoms with Gasteiger partial charge >= 0.3 is 0 Å². The number of fused-ring (bicyclic) bond motifs is 1. The molecule has 0 unspecified atom stereocenters. The molecule has 1 atom stereocenters. The number of H-pyrrole nitrogens is 1. The Morgan fingerprint density at radius 1 is 1.44 bits per heavy atom. The van der Waals surface area contributed by atoms with E-state index in [1.54, 1.807) is 0 Å². The Balaban J connectivity index is 1.59. The van der Waals surface area contributed by atoms with Crippen molar-refractivity contribution in [3.63, 3.8) is 0 Å². The Morgan fingerprint density at radius 3 is 2.96 bits per heavy atom. The van der Waals surface area contributed by atoms with Crippen LogP contribution < -0.4 is 10.2 Å². The highest BCUT2D eigenvalue weighted by Crippen LogP contribution is 2.38. The lowest BCUT2D eigenvalue weighted by Crippen LogP contribution is -2.55. The highest BCUT2D eigenvalue weighted by molar-refractivity contribution is 5.87. The first kappa shape index (κ1) is 18.0. The van der Waals surface area contributed by atoms with Crippen molar-refractivity contribution in [3.8, 4) is 0 Å². The standard InChI is InChI=1S/C20H28N6O/c1-4-18(27)25-7-8-26(16(12-25)14-5-6-14)17-11-23-20-19(24-17)15(10-22-20)9-21-13(2)3/h4,10-11,13-14,16,21H,1,5-9,12H2,2-3H3,(H,22,23)/t16-/m0/s1. The van der Waals surface area contributed by atoms with Crippen molar-refractivity contribution in [1.29, 1.82) is 0 Å². The van der Waals surface area contributed by atoms with Gasteiger partial charge in [-0.05, 0) is 24.8 Å². The summed E-state index contributed by atoms with van der Waals surface area (Å²) < 4.78 is 0. The second-order valence-corrected chi connectivity index (χ2v) is 7.86. The van der Waals surface area contributed by atoms with Gasteiger partial charge in [0, 0.05) is 44.0 Å². The molecule has 1 amide bonds. The molecule has 7 heteroatoms. The Morgan fingerprint density at radius 2 is 2.26 bits per heavy atom. The van der Waals surface area contributed by atoms with Gasteiger partial charge < -0.3 is 20.1 Å². The maximum Gasteiger partial charge on any atom is 0.246 e. The first-order valence-electron chi connectivity index (χ1n) is 9.81. The van der Waals surface area contributed by atoms with Crippen LogP contribution in [-0.4, -0.2) is 57.5 Å². The minimum Gasteiger partial charge on any atom is -0.348 e. The van der Waals surface area contributed by atoms with Gasteiger partial charge in [0.05, 0.1) is 12.2 Å². The maximum absolute atomic E-state index is 12.1. The molecule has 2 aromatic heterocycles. The molecule has 27 heavy (non-hydrogen) atoms. The summed E-state index contributed by atoms with van der Waals surface area (Å²) in [6, 6.07) is 0.728. The Hall–Kier alpha value is -2.41. The molecular formula is C20H28N6O. The number of amides is 1. The molecule has 4 rings (SSSR count). The zero-order chi connectivity index (χ0) is 19.0. The summed E-state index contributed by atoms with van der Waals surface area (Å²) in [4.78, 5) is 29.1. The third-order valence-electron chi connectivity index (χ3n) is 5.51. The summed E-state index contributed by atoms with van der Waals surface area (Å²) >= 11 is 0. The third kappa shape index (κ3) is 3.69. The van der Waals surface area contributed by atoms with E-state index < -0.39 is 0 Å². The van der Waals surface area contributed by atoms with Crippen molar-refractivity contribution < 1.29 is 4.79 Å². The Labute approximate surface area is 159 Å². The average Bonchev–Trinajstić information content (AvgIpc) is 3.45. The highest BCUT2D eigenvalue weighted by atomic mass is 16.2. The quantitative estimate of drug-likeness (QED) is 0.764. The predicted molar refractivity (Wildman–Crippen MR) is 106 cm³/mol. The second kappa shape index (κ2) is 7.31. The zero-order valence-electron chi connectivity index (χ0n) is 16.1. The van der Waals surface area contributed by atoms with Gasteiger partial charge in [-0.3, -0.25) is 4.79 Å². The third-order valence-corrected chi connectivity index (χ3v) is 5.51. The van der Waals surface area contributed by atoms with Crippen molar-refractivity contribution in [3.05, 3.63) is 30.6 Å². The van der Waals surface area contributed by atoms with Crippen molar-refractivity contribution in [2.24, 2.45) is 5.92 Å². The van der Waals surface area contributed by atoms with E-state index in [-0.39, 0.29) is 5.91 Å². The van der Waals surface area contributed by atoms with E-state index in [4.69, 9.17) is 4.98 Å². The number of aromatic amines is 1. The van der Waals surface area contributed by atoms with Crippen molar-refractivity contribution in [2.45, 2.75) is 45.3 Å². The van der Waals surface area contributed by atoms with Crippen LogP contribution in [0.3, 0.4) is 0 Å². The minimum absolute atomic E-state index is 0.0227. The minimum atomic E-state index is 0.0227. The van der Waals surface area contributed by atoms with Gasteiger partial charge in [-0.2, -0.15) is 0 Å². The fourth-order valence-corrected chi connectivity index (χ4v) is 3.83. The monoisotopic (exact) mass is 368 g/mol. The summed E-state index contributed by atoms with van der Waals surface area (Å²) in [6.45, 7) is 10.9. The van der Waals surface area contributed by atoms with Gasteiger partial charge in [0.1, 0.15) is 11.3 Å². The topological polar surface area (TPSA) is 77.2 Å². The molecule has 1 saturated heterocycles. The van der Waals surface area contributed by atoms with E-state index in [1.165, 1.54) is 18.9 Å². The van der Waals surface area contributed by atoms with Gasteiger partial charge in [0.15, 0.2) is 5.65 Å². The first-order chi connectivity index (χ1) is 13.1. The van der Waals surface area contributed by atoms with Crippen LogP contribution in [0.25, 0.3) is 11.2 Å². The second-order valence-electron chi connectivity index (χ2n) is 7.86. The lowest BCUT2D eigenvalue weighted by Gasteiger charge is -2.42. The number of aromatic nitrogens is 3. The number of anilines is 1. The molecule has 144 valence electrons. The molecule has 0 bridgehead atoms. The van der Waals surface area contributed by atoms with Crippen LogP contribution in [0.15, 0.2) is 25.0 Å². The van der Waals surface area contributed by atoms with Crippen molar-refractivity contribution >= 4 is 22.9 Å². The number of hydrogen-bond donors (Lipinski definition) is 2. The van der Waals surface area contributed by atoms with E-state index >= 15 is 0 Å². The smallest absolute Gasteiger partial charge is 0.246 e. The molecule has 2 fully saturated rings. The lowest BCUT2D eigenvalue weighted by atomic mass is 10.1. The average molecular weight is 368 g/mol. The first-order valence-corrected chi connectivity index (χ1v) is 9.81. The number of nitrogens with zero attached hydrogens (tertiary/aromatic N) is 4. The molecule has 0 aromatic carbocycles. The molecule has 1 saturated carbocycles. The fraction of sp³-hybridized carbons (Fsp3) is 0.550. The van der Waals surface area contributed by atoms with Gasteiger partial charge in [0.2, 0.25) is 5.91 Å². The molecule has 2 aliphatic rings. The van der Waals surface area contributed by atoms with Crippen LogP contribution in [-0.2, 0) is 11.3 Å². The van der Waals surface area contributed by atoms with Crippen LogP contribution >= 0.6 is 0 Å². The maximum atomic E-state index is 12.1. The number of carbonyl (C=O) groups excluding carboxylic acids is 1. The van der Waals surface area contributed by atoms with Gasteiger partial charge in [-0.15, -0.1) is 0 Å².